The second kappa shape index (κ2) is 8.95. The number of aryl methyl sites for hydroxylation is 1. The van der Waals surface area contributed by atoms with E-state index < -0.39 is 5.91 Å². The van der Waals surface area contributed by atoms with Crippen molar-refractivity contribution in [1.29, 1.82) is 0 Å². The molecule has 0 spiro atoms. The summed E-state index contributed by atoms with van der Waals surface area (Å²) in [6.07, 6.45) is 0. The highest BCUT2D eigenvalue weighted by molar-refractivity contribution is 8.00. The Labute approximate surface area is 171 Å². The molecule has 1 atom stereocenters. The van der Waals surface area contributed by atoms with E-state index in [1.165, 1.54) is 11.8 Å². The van der Waals surface area contributed by atoms with Crippen LogP contribution in [0.1, 0.15) is 32.6 Å². The van der Waals surface area contributed by atoms with E-state index >= 15 is 0 Å². The van der Waals surface area contributed by atoms with Gasteiger partial charge in [-0.05, 0) is 30.2 Å². The summed E-state index contributed by atoms with van der Waals surface area (Å²) >= 11 is 7.49. The summed E-state index contributed by atoms with van der Waals surface area (Å²) in [5, 5.41) is 9.85. The number of hydrogen-bond donors (Lipinski definition) is 3. The van der Waals surface area contributed by atoms with Crippen LogP contribution in [0.4, 0.5) is 5.69 Å². The number of anilines is 1. The Hall–Kier alpha value is -2.77. The fourth-order valence-corrected chi connectivity index (χ4v) is 3.96. The van der Waals surface area contributed by atoms with E-state index in [0.29, 0.717) is 16.4 Å². The fourth-order valence-electron chi connectivity index (χ4n) is 2.75. The minimum atomic E-state index is -0.698. The maximum Gasteiger partial charge on any atom is 0.271 e. The molecule has 2 aromatic carbocycles. The van der Waals surface area contributed by atoms with Gasteiger partial charge in [0.1, 0.15) is 0 Å². The van der Waals surface area contributed by atoms with E-state index in [2.05, 4.69) is 15.5 Å². The third-order valence-corrected chi connectivity index (χ3v) is 5.66. The summed E-state index contributed by atoms with van der Waals surface area (Å²) in [7, 11) is 0. The summed E-state index contributed by atoms with van der Waals surface area (Å²) in [6.45, 7) is 1.71. The average Bonchev–Trinajstić information content (AvgIpc) is 3.05. The van der Waals surface area contributed by atoms with Crippen molar-refractivity contribution in [1.82, 2.24) is 10.2 Å². The highest BCUT2D eigenvalue weighted by Gasteiger charge is 2.20. The van der Waals surface area contributed by atoms with Gasteiger partial charge in [-0.2, -0.15) is 5.10 Å². The van der Waals surface area contributed by atoms with Gasteiger partial charge in [0, 0.05) is 5.02 Å². The van der Waals surface area contributed by atoms with Crippen LogP contribution in [-0.4, -0.2) is 27.8 Å². The number of carbonyl (C=O) groups is 2. The van der Waals surface area contributed by atoms with Crippen LogP contribution in [-0.2, 0) is 4.79 Å². The van der Waals surface area contributed by atoms with E-state index in [0.717, 1.165) is 11.1 Å². The average molecular weight is 415 g/mol. The maximum atomic E-state index is 12.5. The molecule has 0 aliphatic rings. The molecule has 0 saturated carbocycles. The number of primary amides is 1. The van der Waals surface area contributed by atoms with Crippen molar-refractivity contribution in [2.24, 2.45) is 5.73 Å². The molecule has 0 fully saturated rings. The Balaban J connectivity index is 1.75. The molecule has 28 heavy (non-hydrogen) atoms. The summed E-state index contributed by atoms with van der Waals surface area (Å²) < 4.78 is 0. The molecule has 1 aromatic heterocycles. The van der Waals surface area contributed by atoms with E-state index in [4.69, 9.17) is 17.3 Å². The molecule has 0 bridgehead atoms. The number of nitrogens with two attached hydrogens (primary N) is 1. The number of hydrogen-bond acceptors (Lipinski definition) is 4. The van der Waals surface area contributed by atoms with Crippen LogP contribution in [0.2, 0.25) is 5.02 Å². The van der Waals surface area contributed by atoms with Crippen molar-refractivity contribution in [2.45, 2.75) is 12.2 Å². The van der Waals surface area contributed by atoms with Gasteiger partial charge < -0.3 is 11.1 Å². The van der Waals surface area contributed by atoms with Gasteiger partial charge in [-0.15, -0.1) is 11.8 Å². The number of thioether (sulfide) groups is 1. The standard InChI is InChI=1S/C20H19ClN4O2S/c1-12-17(18(20(22)27)25-24-12)23-16(26)11-28-19(13-5-3-2-4-6-13)14-7-9-15(21)10-8-14/h2-10,19H,11H2,1H3,(H2,22,27)(H,23,26)(H,24,25). The number of rotatable bonds is 7. The van der Waals surface area contributed by atoms with E-state index in [-0.39, 0.29) is 22.6 Å². The van der Waals surface area contributed by atoms with Crippen LogP contribution in [0, 0.1) is 6.92 Å². The highest BCUT2D eigenvalue weighted by Crippen LogP contribution is 2.36. The van der Waals surface area contributed by atoms with Gasteiger partial charge in [0.05, 0.1) is 22.4 Å². The molecule has 3 aromatic rings. The molecular formula is C20H19ClN4O2S. The Bertz CT molecular complexity index is 974. The first-order valence-electron chi connectivity index (χ1n) is 8.52. The number of halogens is 1. The van der Waals surface area contributed by atoms with Crippen molar-refractivity contribution in [3.05, 3.63) is 82.1 Å². The zero-order valence-corrected chi connectivity index (χ0v) is 16.7. The normalized spacial score (nSPS) is 11.8. The molecule has 8 heteroatoms. The number of aromatic nitrogens is 2. The molecule has 6 nitrogen and oxygen atoms in total. The molecule has 0 saturated heterocycles. The Morgan fingerprint density at radius 1 is 1.14 bits per heavy atom. The second-order valence-electron chi connectivity index (χ2n) is 6.14. The first-order valence-corrected chi connectivity index (χ1v) is 9.95. The van der Waals surface area contributed by atoms with Gasteiger partial charge in [-0.1, -0.05) is 54.1 Å². The van der Waals surface area contributed by atoms with Gasteiger partial charge in [0.25, 0.3) is 5.91 Å². The van der Waals surface area contributed by atoms with Crippen LogP contribution in [0.5, 0.6) is 0 Å². The summed E-state index contributed by atoms with van der Waals surface area (Å²) in [5.74, 6) is -0.757. The maximum absolute atomic E-state index is 12.5. The van der Waals surface area contributed by atoms with Crippen molar-refractivity contribution in [3.8, 4) is 0 Å². The van der Waals surface area contributed by atoms with E-state index in [9.17, 15) is 9.59 Å². The number of nitrogens with zero attached hydrogens (tertiary/aromatic N) is 1. The van der Waals surface area contributed by atoms with Gasteiger partial charge in [0.2, 0.25) is 5.91 Å². The zero-order valence-electron chi connectivity index (χ0n) is 15.1. The van der Waals surface area contributed by atoms with E-state index in [1.54, 1.807) is 6.92 Å². The Morgan fingerprint density at radius 3 is 2.43 bits per heavy atom. The number of carbonyl (C=O) groups excluding carboxylic acids is 2. The first kappa shape index (κ1) is 20.0. The second-order valence-corrected chi connectivity index (χ2v) is 7.67. The predicted octanol–water partition coefficient (Wildman–Crippen LogP) is 3.93. The molecule has 144 valence electrons. The van der Waals surface area contributed by atoms with Crippen LogP contribution in [0.15, 0.2) is 54.6 Å². The number of nitrogens with one attached hydrogen (secondary N) is 2. The van der Waals surface area contributed by atoms with Crippen molar-refractivity contribution < 1.29 is 9.59 Å². The van der Waals surface area contributed by atoms with Crippen LogP contribution in [0.25, 0.3) is 0 Å². The highest BCUT2D eigenvalue weighted by atomic mass is 35.5. The van der Waals surface area contributed by atoms with Crippen LogP contribution in [0.3, 0.4) is 0 Å². The molecular weight excluding hydrogens is 396 g/mol. The largest absolute Gasteiger partial charge is 0.364 e. The Morgan fingerprint density at radius 2 is 1.79 bits per heavy atom. The quantitative estimate of drug-likeness (QED) is 0.545. The SMILES string of the molecule is Cc1[nH]nc(C(N)=O)c1NC(=O)CSC(c1ccccc1)c1ccc(Cl)cc1. The third kappa shape index (κ3) is 4.74. The number of benzene rings is 2. The number of H-pyrrole nitrogens is 1. The summed E-state index contributed by atoms with van der Waals surface area (Å²) in [5.41, 5.74) is 8.35. The summed E-state index contributed by atoms with van der Waals surface area (Å²) in [6, 6.07) is 17.5. The lowest BCUT2D eigenvalue weighted by atomic mass is 10.0. The van der Waals surface area contributed by atoms with Gasteiger partial charge in [-0.25, -0.2) is 0 Å². The Kier molecular flexibility index (Phi) is 6.38. The molecule has 2 amide bonds. The van der Waals surface area contributed by atoms with Crippen LogP contribution < -0.4 is 11.1 Å². The predicted molar refractivity (Wildman–Crippen MR) is 113 cm³/mol. The minimum absolute atomic E-state index is 0.0214. The molecule has 0 aliphatic heterocycles. The lowest BCUT2D eigenvalue weighted by molar-refractivity contribution is -0.113. The van der Waals surface area contributed by atoms with Crippen LogP contribution >= 0.6 is 23.4 Å². The monoisotopic (exact) mass is 414 g/mol. The molecule has 4 N–H and O–H groups in total. The number of amides is 2. The third-order valence-electron chi connectivity index (χ3n) is 4.10. The van der Waals surface area contributed by atoms with Gasteiger partial charge in [-0.3, -0.25) is 14.7 Å². The first-order chi connectivity index (χ1) is 13.5. The number of aromatic amines is 1. The van der Waals surface area contributed by atoms with Gasteiger partial charge in [0.15, 0.2) is 5.69 Å². The van der Waals surface area contributed by atoms with Crippen molar-refractivity contribution in [3.63, 3.8) is 0 Å². The van der Waals surface area contributed by atoms with Crippen molar-refractivity contribution >= 4 is 40.9 Å². The topological polar surface area (TPSA) is 101 Å². The molecule has 3 rings (SSSR count). The minimum Gasteiger partial charge on any atom is -0.364 e. The zero-order chi connectivity index (χ0) is 20.1. The molecule has 0 aliphatic carbocycles. The molecule has 1 heterocycles. The smallest absolute Gasteiger partial charge is 0.271 e. The lowest BCUT2D eigenvalue weighted by Crippen LogP contribution is -2.20. The van der Waals surface area contributed by atoms with Crippen molar-refractivity contribution in [2.75, 3.05) is 11.1 Å². The molecule has 0 radical (unpaired) electrons. The molecule has 1 unspecified atom stereocenters. The van der Waals surface area contributed by atoms with Gasteiger partial charge >= 0.3 is 0 Å². The van der Waals surface area contributed by atoms with E-state index in [1.807, 2.05) is 54.6 Å². The summed E-state index contributed by atoms with van der Waals surface area (Å²) in [4.78, 5) is 24.0. The fraction of sp³-hybridized carbons (Fsp3) is 0.150. The lowest BCUT2D eigenvalue weighted by Gasteiger charge is -2.18.